The van der Waals surface area contributed by atoms with Gasteiger partial charge in [-0.2, -0.15) is 0 Å². The van der Waals surface area contributed by atoms with Crippen molar-refractivity contribution in [1.29, 1.82) is 0 Å². The molecule has 0 saturated heterocycles. The van der Waals surface area contributed by atoms with Crippen LogP contribution in [-0.4, -0.2) is 19.5 Å². The lowest BCUT2D eigenvalue weighted by atomic mass is 10.4. The molecule has 1 atom stereocenters. The van der Waals surface area contributed by atoms with E-state index in [0.717, 1.165) is 0 Å². The second-order valence-electron chi connectivity index (χ2n) is 1.97. The van der Waals surface area contributed by atoms with Crippen molar-refractivity contribution in [3.05, 3.63) is 0 Å². The fourth-order valence-electron chi connectivity index (χ4n) is 0.356. The number of nitrogens with one attached hydrogen (secondary N) is 1. The van der Waals surface area contributed by atoms with Crippen LogP contribution in [0.4, 0.5) is 0 Å². The van der Waals surface area contributed by atoms with Crippen LogP contribution in [0.5, 0.6) is 0 Å². The molecule has 0 heterocycles. The minimum atomic E-state index is -3.28. The molecule has 0 radical (unpaired) electrons. The van der Waals surface area contributed by atoms with Crippen molar-refractivity contribution in [2.75, 3.05) is 5.75 Å². The van der Waals surface area contributed by atoms with Crippen LogP contribution in [0.15, 0.2) is 0 Å². The number of rotatable bonds is 4. The number of halogens is 2. The van der Waals surface area contributed by atoms with E-state index >= 15 is 0 Å². The maximum Gasteiger partial charge on any atom is 0.224 e. The van der Waals surface area contributed by atoms with Gasteiger partial charge in [-0.3, -0.25) is 0 Å². The van der Waals surface area contributed by atoms with Crippen molar-refractivity contribution in [1.82, 2.24) is 4.24 Å². The highest BCUT2D eigenvalue weighted by atomic mass is 35.5. The molecule has 0 amide bonds. The normalized spacial score (nSPS) is 15.1. The summed E-state index contributed by atoms with van der Waals surface area (Å²) >= 11 is 10.4. The van der Waals surface area contributed by atoms with Crippen molar-refractivity contribution in [3.8, 4) is 0 Å². The second kappa shape index (κ2) is 4.38. The molecule has 0 rings (SSSR count). The van der Waals surface area contributed by atoms with Gasteiger partial charge >= 0.3 is 0 Å². The van der Waals surface area contributed by atoms with Gasteiger partial charge in [0, 0.05) is 5.38 Å². The lowest BCUT2D eigenvalue weighted by Gasteiger charge is -2.01. The molecule has 0 aliphatic heterocycles. The Morgan fingerprint density at radius 3 is 2.40 bits per heavy atom. The van der Waals surface area contributed by atoms with Gasteiger partial charge in [-0.1, -0.05) is 0 Å². The minimum Gasteiger partial charge on any atom is -0.211 e. The van der Waals surface area contributed by atoms with Gasteiger partial charge in [0.2, 0.25) is 10.0 Å². The van der Waals surface area contributed by atoms with Gasteiger partial charge in [0.05, 0.1) is 5.75 Å². The molecule has 0 saturated carbocycles. The van der Waals surface area contributed by atoms with Gasteiger partial charge in [0.1, 0.15) is 0 Å². The summed E-state index contributed by atoms with van der Waals surface area (Å²) in [5.74, 6) is -0.0266. The lowest BCUT2D eigenvalue weighted by molar-refractivity contribution is 0.591. The number of sulfonamides is 1. The molecule has 0 aromatic rings. The van der Waals surface area contributed by atoms with Gasteiger partial charge in [-0.05, 0) is 25.1 Å². The Hall–Kier alpha value is 0.490. The maximum absolute atomic E-state index is 10.6. The highest BCUT2D eigenvalue weighted by Gasteiger charge is 2.09. The van der Waals surface area contributed by atoms with Crippen molar-refractivity contribution in [2.24, 2.45) is 0 Å². The van der Waals surface area contributed by atoms with Gasteiger partial charge in [0.15, 0.2) is 0 Å². The van der Waals surface area contributed by atoms with Gasteiger partial charge in [0.25, 0.3) is 0 Å². The van der Waals surface area contributed by atoms with Crippen LogP contribution in [0.3, 0.4) is 0 Å². The molecule has 0 aliphatic rings. The van der Waals surface area contributed by atoms with Crippen LogP contribution >= 0.6 is 23.4 Å². The zero-order valence-electron chi connectivity index (χ0n) is 5.47. The summed E-state index contributed by atoms with van der Waals surface area (Å²) in [4.78, 5) is 0. The smallest absolute Gasteiger partial charge is 0.211 e. The third kappa shape index (κ3) is 5.29. The van der Waals surface area contributed by atoms with E-state index < -0.39 is 10.0 Å². The third-order valence-corrected chi connectivity index (χ3v) is 2.83. The fourth-order valence-corrected chi connectivity index (χ4v) is 1.57. The van der Waals surface area contributed by atoms with Gasteiger partial charge < -0.3 is 0 Å². The second-order valence-corrected chi connectivity index (χ2v) is 4.97. The summed E-state index contributed by atoms with van der Waals surface area (Å²) in [6.07, 6.45) is 0.406. The monoisotopic (exact) mass is 205 g/mol. The van der Waals surface area contributed by atoms with Crippen molar-refractivity contribution >= 4 is 33.4 Å². The molecule has 1 N–H and O–H groups in total. The first kappa shape index (κ1) is 10.5. The minimum absolute atomic E-state index is 0.0266. The average molecular weight is 206 g/mol. The summed E-state index contributed by atoms with van der Waals surface area (Å²) < 4.78 is 22.9. The van der Waals surface area contributed by atoms with E-state index in [1.807, 2.05) is 0 Å². The van der Waals surface area contributed by atoms with Crippen LogP contribution < -0.4 is 4.24 Å². The van der Waals surface area contributed by atoms with E-state index in [0.29, 0.717) is 6.42 Å². The molecule has 0 aromatic heterocycles. The van der Waals surface area contributed by atoms with E-state index in [1.165, 1.54) is 0 Å². The van der Waals surface area contributed by atoms with E-state index in [2.05, 4.69) is 0 Å². The Kier molecular flexibility index (Phi) is 4.60. The van der Waals surface area contributed by atoms with Gasteiger partial charge in [-0.25, -0.2) is 8.42 Å². The highest BCUT2D eigenvalue weighted by Crippen LogP contribution is 2.01. The first-order chi connectivity index (χ1) is 4.48. The topological polar surface area (TPSA) is 46.2 Å². The third-order valence-electron chi connectivity index (χ3n) is 0.902. The largest absolute Gasteiger partial charge is 0.224 e. The molecule has 0 aromatic carbocycles. The molecule has 0 spiro atoms. The first-order valence-electron chi connectivity index (χ1n) is 2.72. The van der Waals surface area contributed by atoms with Crippen LogP contribution in [0, 0.1) is 0 Å². The Labute approximate surface area is 70.9 Å². The summed E-state index contributed by atoms with van der Waals surface area (Å²) in [6.45, 7) is 1.73. The molecule has 0 aliphatic carbocycles. The number of alkyl halides is 1. The Balaban J connectivity index is 3.70. The molecule has 0 bridgehead atoms. The molecular weight excluding hydrogens is 197 g/mol. The zero-order chi connectivity index (χ0) is 8.20. The molecular formula is C4H9Cl2NO2S. The Bertz CT molecular complexity index is 178. The Morgan fingerprint density at radius 1 is 1.60 bits per heavy atom. The predicted octanol–water partition coefficient (Wildman–Crippen LogP) is 1.08. The van der Waals surface area contributed by atoms with E-state index in [4.69, 9.17) is 23.4 Å². The summed E-state index contributed by atoms with van der Waals surface area (Å²) in [7, 11) is -3.28. The fraction of sp³-hybridized carbons (Fsp3) is 1.00. The quantitative estimate of drug-likeness (QED) is 0.552. The summed E-state index contributed by atoms with van der Waals surface area (Å²) in [5, 5.41) is -0.139. The number of hydrogen-bond acceptors (Lipinski definition) is 2. The molecule has 1 unspecified atom stereocenters. The van der Waals surface area contributed by atoms with Crippen molar-refractivity contribution < 1.29 is 8.42 Å². The predicted molar refractivity (Wildman–Crippen MR) is 42.7 cm³/mol. The Morgan fingerprint density at radius 2 is 2.10 bits per heavy atom. The van der Waals surface area contributed by atoms with Gasteiger partial charge in [-0.15, -0.1) is 15.8 Å². The SMILES string of the molecule is CC(Cl)CCS(=O)(=O)NCl. The van der Waals surface area contributed by atoms with E-state index in [1.54, 1.807) is 11.2 Å². The van der Waals surface area contributed by atoms with E-state index in [-0.39, 0.29) is 11.1 Å². The zero-order valence-corrected chi connectivity index (χ0v) is 7.80. The molecule has 3 nitrogen and oxygen atoms in total. The van der Waals surface area contributed by atoms with Crippen LogP contribution in [0.2, 0.25) is 0 Å². The molecule has 6 heteroatoms. The molecule has 62 valence electrons. The van der Waals surface area contributed by atoms with Crippen LogP contribution in [0.25, 0.3) is 0 Å². The average Bonchev–Trinajstić information content (AvgIpc) is 1.85. The van der Waals surface area contributed by atoms with Crippen LogP contribution in [-0.2, 0) is 10.0 Å². The van der Waals surface area contributed by atoms with Crippen molar-refractivity contribution in [2.45, 2.75) is 18.7 Å². The summed E-state index contributed by atoms with van der Waals surface area (Å²) in [5.41, 5.74) is 0. The van der Waals surface area contributed by atoms with Crippen LogP contribution in [0.1, 0.15) is 13.3 Å². The van der Waals surface area contributed by atoms with Crippen molar-refractivity contribution in [3.63, 3.8) is 0 Å². The first-order valence-corrected chi connectivity index (χ1v) is 5.19. The lowest BCUT2D eigenvalue weighted by Crippen LogP contribution is -2.19. The summed E-state index contributed by atoms with van der Waals surface area (Å²) in [6, 6.07) is 0. The number of hydrogen-bond donors (Lipinski definition) is 1. The molecule has 10 heavy (non-hydrogen) atoms. The standard InChI is InChI=1S/C4H9Cl2NO2S/c1-4(5)2-3-10(8,9)7-6/h4,7H,2-3H2,1H3. The highest BCUT2D eigenvalue weighted by molar-refractivity contribution is 7.90. The maximum atomic E-state index is 10.6. The van der Waals surface area contributed by atoms with E-state index in [9.17, 15) is 8.42 Å². The molecule has 0 fully saturated rings.